The quantitative estimate of drug-likeness (QED) is 0.0385. The number of esters is 1. The summed E-state index contributed by atoms with van der Waals surface area (Å²) in [6.45, 7) is 4.51. The number of carboxylic acid groups (broad SMARTS) is 1. The first-order chi connectivity index (χ1) is 22.2. The smallest absolute Gasteiger partial charge is 0.327 e. The molecule has 0 rings (SSSR count). The average Bonchev–Trinajstić information content (AvgIpc) is 3.01. The van der Waals surface area contributed by atoms with Gasteiger partial charge in [-0.3, -0.25) is 14.1 Å². The lowest BCUT2D eigenvalue weighted by atomic mass is 10.0. The minimum Gasteiger partial charge on any atom is -0.481 e. The van der Waals surface area contributed by atoms with Crippen LogP contribution in [0.15, 0.2) is 0 Å². The van der Waals surface area contributed by atoms with E-state index in [0.717, 1.165) is 38.5 Å². The second kappa shape index (κ2) is 32.4. The molecule has 0 radical (unpaired) electrons. The second-order valence-electron chi connectivity index (χ2n) is 13.8. The topological polar surface area (TPSA) is 118 Å². The molecule has 0 aliphatic rings. The van der Waals surface area contributed by atoms with Gasteiger partial charge in [0, 0.05) is 0 Å². The van der Waals surface area contributed by atoms with Gasteiger partial charge in [0.15, 0.2) is 5.25 Å². The molecule has 0 fully saturated rings. The Labute approximate surface area is 284 Å². The molecule has 0 aromatic rings. The molecule has 7 nitrogen and oxygen atoms in total. The van der Waals surface area contributed by atoms with Crippen molar-refractivity contribution in [1.29, 1.82) is 0 Å². The van der Waals surface area contributed by atoms with Gasteiger partial charge < -0.3 is 9.84 Å². The van der Waals surface area contributed by atoms with Crippen LogP contribution >= 0.6 is 0 Å². The van der Waals surface area contributed by atoms with Crippen molar-refractivity contribution < 1.29 is 32.4 Å². The van der Waals surface area contributed by atoms with E-state index < -0.39 is 39.8 Å². The third kappa shape index (κ3) is 30.2. The van der Waals surface area contributed by atoms with Crippen molar-refractivity contribution in [2.75, 3.05) is 0 Å². The van der Waals surface area contributed by atoms with Crippen molar-refractivity contribution in [3.05, 3.63) is 0 Å². The molecule has 0 saturated carbocycles. The minimum absolute atomic E-state index is 0.454. The minimum atomic E-state index is -4.86. The fourth-order valence-electron chi connectivity index (χ4n) is 6.28. The number of unbranched alkanes of at least 4 members (excludes halogenated alkanes) is 27. The SMILES string of the molecule is CCCCCCCCCCCCCCCCCC(CCCCCCCCCCCCCCCC)OC(=O)C(CC(=O)O)S(=O)(=O)O. The van der Waals surface area contributed by atoms with Crippen LogP contribution in [0.4, 0.5) is 0 Å². The van der Waals surface area contributed by atoms with Gasteiger partial charge in [0.1, 0.15) is 6.10 Å². The second-order valence-corrected chi connectivity index (χ2v) is 15.4. The number of aliphatic carboxylic acids is 1. The van der Waals surface area contributed by atoms with Crippen LogP contribution in [-0.4, -0.2) is 41.4 Å². The Hall–Kier alpha value is -1.15. The van der Waals surface area contributed by atoms with Gasteiger partial charge in [-0.2, -0.15) is 8.42 Å². The highest BCUT2D eigenvalue weighted by atomic mass is 32.2. The van der Waals surface area contributed by atoms with Gasteiger partial charge in [-0.05, 0) is 25.7 Å². The average molecular weight is 675 g/mol. The molecule has 0 aromatic heterocycles. The van der Waals surface area contributed by atoms with Crippen molar-refractivity contribution >= 4 is 22.1 Å². The molecule has 0 bridgehead atoms. The zero-order chi connectivity index (χ0) is 34.1. The van der Waals surface area contributed by atoms with Gasteiger partial charge in [-0.1, -0.05) is 187 Å². The number of hydrogen-bond donors (Lipinski definition) is 2. The maximum atomic E-state index is 12.6. The molecule has 8 heteroatoms. The van der Waals surface area contributed by atoms with E-state index in [4.69, 9.17) is 9.84 Å². The summed E-state index contributed by atoms with van der Waals surface area (Å²) in [5, 5.41) is 6.96. The molecule has 0 aromatic carbocycles. The van der Waals surface area contributed by atoms with Crippen molar-refractivity contribution in [2.45, 2.75) is 231 Å². The standard InChI is InChI=1S/C38H74O7S/c1-3-5-7-9-11-13-15-17-19-21-23-25-27-29-31-33-35(45-38(41)36(34-37(39)40)46(42,43)44)32-30-28-26-24-22-20-18-16-14-12-10-8-6-4-2/h35-36H,3-34H2,1-2H3,(H,39,40)(H,42,43,44). The van der Waals surface area contributed by atoms with E-state index in [9.17, 15) is 22.6 Å². The molecule has 46 heavy (non-hydrogen) atoms. The predicted octanol–water partition coefficient (Wildman–Crippen LogP) is 11.8. The molecule has 2 N–H and O–H groups in total. The van der Waals surface area contributed by atoms with E-state index in [2.05, 4.69) is 13.8 Å². The van der Waals surface area contributed by atoms with Crippen LogP contribution < -0.4 is 0 Å². The largest absolute Gasteiger partial charge is 0.481 e. The molecule has 0 amide bonds. The lowest BCUT2D eigenvalue weighted by Crippen LogP contribution is -2.36. The summed E-state index contributed by atoms with van der Waals surface area (Å²) in [5.41, 5.74) is 0. The van der Waals surface area contributed by atoms with Crippen LogP contribution in [0.1, 0.15) is 219 Å². The highest BCUT2D eigenvalue weighted by molar-refractivity contribution is 7.87. The van der Waals surface area contributed by atoms with E-state index in [0.29, 0.717) is 12.8 Å². The molecular weight excluding hydrogens is 600 g/mol. The van der Waals surface area contributed by atoms with Crippen LogP contribution in [0.5, 0.6) is 0 Å². The first-order valence-corrected chi connectivity index (χ1v) is 21.1. The van der Waals surface area contributed by atoms with Gasteiger partial charge >= 0.3 is 11.9 Å². The van der Waals surface area contributed by atoms with E-state index in [1.54, 1.807) is 0 Å². The molecule has 0 spiro atoms. The molecular formula is C38H74O7S. The van der Waals surface area contributed by atoms with Gasteiger partial charge in [0.05, 0.1) is 6.42 Å². The molecule has 0 heterocycles. The van der Waals surface area contributed by atoms with Gasteiger partial charge in [-0.25, -0.2) is 0 Å². The zero-order valence-electron chi connectivity index (χ0n) is 30.1. The summed E-state index contributed by atoms with van der Waals surface area (Å²) in [4.78, 5) is 23.7. The highest BCUT2D eigenvalue weighted by Crippen LogP contribution is 2.20. The summed E-state index contributed by atoms with van der Waals surface area (Å²) in [6.07, 6.45) is 36.3. The third-order valence-corrected chi connectivity index (χ3v) is 10.4. The lowest BCUT2D eigenvalue weighted by Gasteiger charge is -2.20. The van der Waals surface area contributed by atoms with Gasteiger partial charge in [-0.15, -0.1) is 0 Å². The van der Waals surface area contributed by atoms with Crippen LogP contribution in [0.25, 0.3) is 0 Å². The molecule has 0 saturated heterocycles. The Balaban J connectivity index is 4.28. The van der Waals surface area contributed by atoms with Gasteiger partial charge in [0.25, 0.3) is 10.1 Å². The van der Waals surface area contributed by atoms with Crippen molar-refractivity contribution in [3.63, 3.8) is 0 Å². The first-order valence-electron chi connectivity index (χ1n) is 19.6. The molecule has 2 unspecified atom stereocenters. The highest BCUT2D eigenvalue weighted by Gasteiger charge is 2.36. The summed E-state index contributed by atoms with van der Waals surface area (Å²) < 4.78 is 38.3. The summed E-state index contributed by atoms with van der Waals surface area (Å²) in [5.74, 6) is -2.62. The number of ether oxygens (including phenoxy) is 1. The molecule has 274 valence electrons. The maximum absolute atomic E-state index is 12.6. The van der Waals surface area contributed by atoms with E-state index in [-0.39, 0.29) is 0 Å². The number of carboxylic acids is 1. The Bertz CT molecular complexity index is 799. The van der Waals surface area contributed by atoms with Crippen molar-refractivity contribution in [1.82, 2.24) is 0 Å². The van der Waals surface area contributed by atoms with Gasteiger partial charge in [0.2, 0.25) is 0 Å². The van der Waals surface area contributed by atoms with Crippen LogP contribution in [-0.2, 0) is 24.4 Å². The first kappa shape index (κ1) is 44.9. The maximum Gasteiger partial charge on any atom is 0.327 e. The molecule has 2 atom stereocenters. The number of carbonyl (C=O) groups is 2. The Morgan fingerprint density at radius 1 is 0.500 bits per heavy atom. The predicted molar refractivity (Wildman–Crippen MR) is 192 cm³/mol. The molecule has 0 aliphatic heterocycles. The molecule has 0 aliphatic carbocycles. The summed E-state index contributed by atoms with van der Waals surface area (Å²) in [7, 11) is -4.86. The Kier molecular flexibility index (Phi) is 31.6. The fourth-order valence-corrected chi connectivity index (χ4v) is 6.93. The van der Waals surface area contributed by atoms with Crippen LogP contribution in [0.2, 0.25) is 0 Å². The van der Waals surface area contributed by atoms with E-state index in [1.807, 2.05) is 0 Å². The van der Waals surface area contributed by atoms with Crippen LogP contribution in [0.3, 0.4) is 0 Å². The number of hydrogen-bond acceptors (Lipinski definition) is 5. The lowest BCUT2D eigenvalue weighted by molar-refractivity contribution is -0.152. The normalized spacial score (nSPS) is 13.1. The third-order valence-electron chi connectivity index (χ3n) is 9.27. The number of rotatable bonds is 36. The van der Waals surface area contributed by atoms with Crippen molar-refractivity contribution in [2.24, 2.45) is 0 Å². The summed E-state index contributed by atoms with van der Waals surface area (Å²) in [6, 6.07) is 0. The fraction of sp³-hybridized carbons (Fsp3) is 0.947. The van der Waals surface area contributed by atoms with E-state index in [1.165, 1.54) is 148 Å². The van der Waals surface area contributed by atoms with Crippen molar-refractivity contribution in [3.8, 4) is 0 Å². The Morgan fingerprint density at radius 3 is 1.00 bits per heavy atom. The van der Waals surface area contributed by atoms with Crippen LogP contribution in [0, 0.1) is 0 Å². The Morgan fingerprint density at radius 2 is 0.761 bits per heavy atom. The zero-order valence-corrected chi connectivity index (χ0v) is 30.9. The van der Waals surface area contributed by atoms with E-state index >= 15 is 0 Å². The monoisotopic (exact) mass is 675 g/mol. The number of carbonyl (C=O) groups excluding carboxylic acids is 1. The summed E-state index contributed by atoms with van der Waals surface area (Å²) >= 11 is 0.